The first kappa shape index (κ1) is 14.1. The average Bonchev–Trinajstić information content (AvgIpc) is 3.16. The number of rotatable bonds is 6. The van der Waals surface area contributed by atoms with Gasteiger partial charge in [0.2, 0.25) is 0 Å². The van der Waals surface area contributed by atoms with E-state index >= 15 is 0 Å². The number of para-hydroxylation sites is 1. The Bertz CT molecular complexity index is 599. The number of aromatic nitrogens is 1. The molecular weight excluding hydrogens is 262 g/mol. The van der Waals surface area contributed by atoms with Crippen molar-refractivity contribution in [1.82, 2.24) is 15.2 Å². The molecular formula is C17H23N3O. The molecule has 4 heteroatoms. The van der Waals surface area contributed by atoms with Crippen molar-refractivity contribution in [2.75, 3.05) is 26.2 Å². The second-order valence-corrected chi connectivity index (χ2v) is 5.76. The van der Waals surface area contributed by atoms with Crippen molar-refractivity contribution in [3.63, 3.8) is 0 Å². The van der Waals surface area contributed by atoms with Gasteiger partial charge in [0.05, 0.1) is 5.56 Å². The largest absolute Gasteiger partial charge is 0.360 e. The maximum absolute atomic E-state index is 12.2. The lowest BCUT2D eigenvalue weighted by molar-refractivity contribution is 0.0954. The predicted octanol–water partition coefficient (Wildman–Crippen LogP) is 2.77. The van der Waals surface area contributed by atoms with Crippen LogP contribution in [0.5, 0.6) is 0 Å². The van der Waals surface area contributed by atoms with Crippen LogP contribution in [0.25, 0.3) is 10.9 Å². The van der Waals surface area contributed by atoms with Gasteiger partial charge in [-0.2, -0.15) is 0 Å². The summed E-state index contributed by atoms with van der Waals surface area (Å²) in [6.45, 7) is 4.43. The number of hydrogen-bond donors (Lipinski definition) is 2. The summed E-state index contributed by atoms with van der Waals surface area (Å²) in [4.78, 5) is 17.9. The van der Waals surface area contributed by atoms with E-state index in [1.54, 1.807) is 6.20 Å². The molecule has 4 nitrogen and oxygen atoms in total. The van der Waals surface area contributed by atoms with E-state index in [1.165, 1.54) is 32.5 Å². The van der Waals surface area contributed by atoms with Gasteiger partial charge in [-0.15, -0.1) is 0 Å². The molecule has 1 aromatic heterocycles. The zero-order valence-corrected chi connectivity index (χ0v) is 12.4. The number of carbonyl (C=O) groups excluding carboxylic acids is 1. The summed E-state index contributed by atoms with van der Waals surface area (Å²) < 4.78 is 0. The topological polar surface area (TPSA) is 48.1 Å². The van der Waals surface area contributed by atoms with Crippen LogP contribution in [0, 0.1) is 0 Å². The first-order valence-electron chi connectivity index (χ1n) is 7.91. The van der Waals surface area contributed by atoms with Crippen LogP contribution >= 0.6 is 0 Å². The molecule has 112 valence electrons. The normalized spacial score (nSPS) is 15.6. The third-order valence-electron chi connectivity index (χ3n) is 4.22. The highest BCUT2D eigenvalue weighted by atomic mass is 16.1. The Morgan fingerprint density at radius 1 is 1.19 bits per heavy atom. The van der Waals surface area contributed by atoms with Crippen molar-refractivity contribution in [2.45, 2.75) is 25.7 Å². The van der Waals surface area contributed by atoms with Gasteiger partial charge in [-0.05, 0) is 51.4 Å². The monoisotopic (exact) mass is 285 g/mol. The molecule has 0 spiro atoms. The van der Waals surface area contributed by atoms with E-state index in [2.05, 4.69) is 15.2 Å². The van der Waals surface area contributed by atoms with Gasteiger partial charge in [0.25, 0.3) is 5.91 Å². The molecule has 0 saturated carbocycles. The number of benzene rings is 1. The number of likely N-dealkylation sites (tertiary alicyclic amines) is 1. The molecule has 1 aromatic carbocycles. The maximum atomic E-state index is 12.2. The second-order valence-electron chi connectivity index (χ2n) is 5.76. The van der Waals surface area contributed by atoms with E-state index in [4.69, 9.17) is 0 Å². The lowest BCUT2D eigenvalue weighted by Gasteiger charge is -2.13. The molecule has 1 fully saturated rings. The van der Waals surface area contributed by atoms with Crippen LogP contribution in [0.3, 0.4) is 0 Å². The summed E-state index contributed by atoms with van der Waals surface area (Å²) in [6, 6.07) is 7.90. The van der Waals surface area contributed by atoms with E-state index in [9.17, 15) is 4.79 Å². The van der Waals surface area contributed by atoms with Crippen LogP contribution in [0.4, 0.5) is 0 Å². The summed E-state index contributed by atoms with van der Waals surface area (Å²) in [6.07, 6.45) is 6.69. The molecule has 1 aliphatic rings. The molecule has 0 bridgehead atoms. The SMILES string of the molecule is O=C(NCCCCN1CCCC1)c1c[nH]c2ccccc12. The minimum absolute atomic E-state index is 0.0219. The van der Waals surface area contributed by atoms with Gasteiger partial charge in [-0.25, -0.2) is 0 Å². The van der Waals surface area contributed by atoms with E-state index in [0.29, 0.717) is 0 Å². The molecule has 3 rings (SSSR count). The Labute approximate surface area is 125 Å². The van der Waals surface area contributed by atoms with Crippen LogP contribution in [-0.2, 0) is 0 Å². The highest BCUT2D eigenvalue weighted by molar-refractivity contribution is 6.06. The summed E-state index contributed by atoms with van der Waals surface area (Å²) in [5.74, 6) is 0.0219. The van der Waals surface area contributed by atoms with E-state index in [1.807, 2.05) is 24.3 Å². The van der Waals surface area contributed by atoms with E-state index < -0.39 is 0 Å². The van der Waals surface area contributed by atoms with Crippen molar-refractivity contribution in [3.8, 4) is 0 Å². The Kier molecular flexibility index (Phi) is 4.55. The van der Waals surface area contributed by atoms with Gasteiger partial charge in [-0.3, -0.25) is 4.79 Å². The average molecular weight is 285 g/mol. The van der Waals surface area contributed by atoms with Crippen LogP contribution < -0.4 is 5.32 Å². The number of carbonyl (C=O) groups is 1. The molecule has 0 unspecified atom stereocenters. The Balaban J connectivity index is 1.43. The van der Waals surface area contributed by atoms with Gasteiger partial charge in [0.1, 0.15) is 0 Å². The summed E-state index contributed by atoms with van der Waals surface area (Å²) >= 11 is 0. The smallest absolute Gasteiger partial charge is 0.253 e. The zero-order valence-electron chi connectivity index (χ0n) is 12.4. The first-order chi connectivity index (χ1) is 10.3. The Hall–Kier alpha value is -1.81. The fourth-order valence-electron chi connectivity index (χ4n) is 3.02. The third kappa shape index (κ3) is 3.45. The van der Waals surface area contributed by atoms with Crippen molar-refractivity contribution < 1.29 is 4.79 Å². The minimum atomic E-state index is 0.0219. The summed E-state index contributed by atoms with van der Waals surface area (Å²) in [7, 11) is 0. The second kappa shape index (κ2) is 6.76. The number of nitrogens with zero attached hydrogens (tertiary/aromatic N) is 1. The van der Waals surface area contributed by atoms with Crippen molar-refractivity contribution in [3.05, 3.63) is 36.0 Å². The van der Waals surface area contributed by atoms with Crippen LogP contribution in [0.1, 0.15) is 36.0 Å². The van der Waals surface area contributed by atoms with Gasteiger partial charge >= 0.3 is 0 Å². The highest BCUT2D eigenvalue weighted by Crippen LogP contribution is 2.17. The fourth-order valence-corrected chi connectivity index (χ4v) is 3.02. The lowest BCUT2D eigenvalue weighted by Crippen LogP contribution is -2.26. The van der Waals surface area contributed by atoms with Crippen LogP contribution in [0.2, 0.25) is 0 Å². The summed E-state index contributed by atoms with van der Waals surface area (Å²) in [5, 5.41) is 4.02. The Morgan fingerprint density at radius 3 is 2.86 bits per heavy atom. The number of unbranched alkanes of at least 4 members (excludes halogenated alkanes) is 1. The molecule has 1 amide bonds. The molecule has 1 aliphatic heterocycles. The lowest BCUT2D eigenvalue weighted by atomic mass is 10.1. The molecule has 21 heavy (non-hydrogen) atoms. The number of hydrogen-bond acceptors (Lipinski definition) is 2. The number of amides is 1. The zero-order chi connectivity index (χ0) is 14.5. The number of H-pyrrole nitrogens is 1. The highest BCUT2D eigenvalue weighted by Gasteiger charge is 2.12. The van der Waals surface area contributed by atoms with Gasteiger partial charge in [0, 0.05) is 23.6 Å². The van der Waals surface area contributed by atoms with E-state index in [-0.39, 0.29) is 5.91 Å². The molecule has 0 radical (unpaired) electrons. The van der Waals surface area contributed by atoms with Crippen molar-refractivity contribution >= 4 is 16.8 Å². The predicted molar refractivity (Wildman–Crippen MR) is 85.5 cm³/mol. The molecule has 0 aliphatic carbocycles. The van der Waals surface area contributed by atoms with Crippen LogP contribution in [0.15, 0.2) is 30.5 Å². The summed E-state index contributed by atoms with van der Waals surface area (Å²) in [5.41, 5.74) is 1.75. The van der Waals surface area contributed by atoms with Crippen molar-refractivity contribution in [2.24, 2.45) is 0 Å². The third-order valence-corrected chi connectivity index (χ3v) is 4.22. The van der Waals surface area contributed by atoms with Gasteiger partial charge in [-0.1, -0.05) is 18.2 Å². The number of fused-ring (bicyclic) bond motifs is 1. The Morgan fingerprint density at radius 2 is 2.00 bits per heavy atom. The molecule has 0 atom stereocenters. The molecule has 2 heterocycles. The van der Waals surface area contributed by atoms with Gasteiger partial charge < -0.3 is 15.2 Å². The minimum Gasteiger partial charge on any atom is -0.360 e. The van der Waals surface area contributed by atoms with Gasteiger partial charge in [0.15, 0.2) is 0 Å². The fraction of sp³-hybridized carbons (Fsp3) is 0.471. The molecule has 2 N–H and O–H groups in total. The van der Waals surface area contributed by atoms with Crippen LogP contribution in [-0.4, -0.2) is 42.0 Å². The molecule has 1 saturated heterocycles. The first-order valence-corrected chi connectivity index (χ1v) is 7.91. The van der Waals surface area contributed by atoms with Crippen molar-refractivity contribution in [1.29, 1.82) is 0 Å². The number of aromatic amines is 1. The standard InChI is InChI=1S/C17H23N3O/c21-17(15-13-19-16-8-2-1-7-14(15)16)18-9-3-4-10-20-11-5-6-12-20/h1-2,7-8,13,19H,3-6,9-12H2,(H,18,21). The maximum Gasteiger partial charge on any atom is 0.253 e. The van der Waals surface area contributed by atoms with E-state index in [0.717, 1.165) is 35.9 Å². The molecule has 2 aromatic rings. The number of nitrogens with one attached hydrogen (secondary N) is 2. The quantitative estimate of drug-likeness (QED) is 0.802.